The summed E-state index contributed by atoms with van der Waals surface area (Å²) in [5, 5.41) is 2.53. The van der Waals surface area contributed by atoms with Crippen molar-refractivity contribution in [1.29, 1.82) is 0 Å². The monoisotopic (exact) mass is 304 g/mol. The Morgan fingerprint density at radius 1 is 1.35 bits per heavy atom. The summed E-state index contributed by atoms with van der Waals surface area (Å²) in [6, 6.07) is 1.42. The SMILES string of the molecule is CC1(NC(=O)c2cc(F)c(F)cc2N)CCS(=O)(=O)C1. The third kappa shape index (κ3) is 2.90. The summed E-state index contributed by atoms with van der Waals surface area (Å²) in [4.78, 5) is 12.0. The van der Waals surface area contributed by atoms with Crippen LogP contribution in [0.5, 0.6) is 0 Å². The number of benzene rings is 1. The fourth-order valence-electron chi connectivity index (χ4n) is 2.21. The minimum absolute atomic E-state index is 0.0168. The highest BCUT2D eigenvalue weighted by molar-refractivity contribution is 7.91. The van der Waals surface area contributed by atoms with Gasteiger partial charge in [0.1, 0.15) is 0 Å². The van der Waals surface area contributed by atoms with E-state index >= 15 is 0 Å². The van der Waals surface area contributed by atoms with Gasteiger partial charge in [0.15, 0.2) is 21.5 Å². The van der Waals surface area contributed by atoms with Gasteiger partial charge in [0.05, 0.1) is 22.6 Å². The first-order valence-corrected chi connectivity index (χ1v) is 7.71. The van der Waals surface area contributed by atoms with E-state index in [-0.39, 0.29) is 29.2 Å². The molecule has 1 aliphatic rings. The van der Waals surface area contributed by atoms with Crippen LogP contribution in [-0.4, -0.2) is 31.4 Å². The van der Waals surface area contributed by atoms with Gasteiger partial charge >= 0.3 is 0 Å². The number of anilines is 1. The lowest BCUT2D eigenvalue weighted by molar-refractivity contribution is 0.0916. The molecule has 0 radical (unpaired) electrons. The van der Waals surface area contributed by atoms with Gasteiger partial charge in [-0.25, -0.2) is 17.2 Å². The summed E-state index contributed by atoms with van der Waals surface area (Å²) in [5.74, 6) is -3.25. The maximum atomic E-state index is 13.1. The van der Waals surface area contributed by atoms with Crippen molar-refractivity contribution < 1.29 is 22.0 Å². The van der Waals surface area contributed by atoms with Crippen LogP contribution >= 0.6 is 0 Å². The molecule has 1 aliphatic heterocycles. The normalized spacial score (nSPS) is 24.6. The molecular formula is C12H14F2N2O3S. The van der Waals surface area contributed by atoms with E-state index in [1.165, 1.54) is 0 Å². The second kappa shape index (κ2) is 4.69. The molecule has 1 heterocycles. The topological polar surface area (TPSA) is 89.3 Å². The Morgan fingerprint density at radius 3 is 2.50 bits per heavy atom. The molecule has 0 aliphatic carbocycles. The highest BCUT2D eigenvalue weighted by atomic mass is 32.2. The van der Waals surface area contributed by atoms with E-state index in [9.17, 15) is 22.0 Å². The standard InChI is InChI=1S/C12H14F2N2O3S/c1-12(2-3-20(18,19)6-12)16-11(17)7-4-8(13)9(14)5-10(7)15/h4-5H,2-3,6,15H2,1H3,(H,16,17). The van der Waals surface area contributed by atoms with Gasteiger partial charge in [-0.2, -0.15) is 0 Å². The highest BCUT2D eigenvalue weighted by Crippen LogP contribution is 2.24. The average Bonchev–Trinajstić information content (AvgIpc) is 2.57. The largest absolute Gasteiger partial charge is 0.398 e. The van der Waals surface area contributed by atoms with Crippen LogP contribution in [0.4, 0.5) is 14.5 Å². The Hall–Kier alpha value is -1.70. The Labute approximate surface area is 115 Å². The summed E-state index contributed by atoms with van der Waals surface area (Å²) in [5.41, 5.74) is 4.14. The van der Waals surface area contributed by atoms with Crippen LogP contribution in [0.1, 0.15) is 23.7 Å². The van der Waals surface area contributed by atoms with Crippen molar-refractivity contribution in [3.8, 4) is 0 Å². The van der Waals surface area contributed by atoms with Gasteiger partial charge in [-0.15, -0.1) is 0 Å². The number of hydrogen-bond donors (Lipinski definition) is 2. The first-order valence-electron chi connectivity index (χ1n) is 5.89. The molecule has 1 saturated heterocycles. The van der Waals surface area contributed by atoms with Gasteiger partial charge in [0, 0.05) is 11.8 Å². The fraction of sp³-hybridized carbons (Fsp3) is 0.417. The van der Waals surface area contributed by atoms with Crippen molar-refractivity contribution in [2.24, 2.45) is 0 Å². The van der Waals surface area contributed by atoms with Crippen molar-refractivity contribution >= 4 is 21.4 Å². The zero-order valence-corrected chi connectivity index (χ0v) is 11.6. The molecule has 0 aromatic heterocycles. The van der Waals surface area contributed by atoms with Gasteiger partial charge in [-0.1, -0.05) is 0 Å². The zero-order chi connectivity index (χ0) is 15.1. The number of carbonyl (C=O) groups excluding carboxylic acids is 1. The first-order chi connectivity index (χ1) is 9.12. The molecule has 20 heavy (non-hydrogen) atoms. The van der Waals surface area contributed by atoms with Crippen molar-refractivity contribution in [3.63, 3.8) is 0 Å². The van der Waals surface area contributed by atoms with Crippen LogP contribution < -0.4 is 11.1 Å². The number of halogens is 2. The third-order valence-corrected chi connectivity index (χ3v) is 5.16. The Bertz CT molecular complexity index is 676. The number of rotatable bonds is 2. The highest BCUT2D eigenvalue weighted by Gasteiger charge is 2.39. The maximum absolute atomic E-state index is 13.1. The first kappa shape index (κ1) is 14.7. The molecular weight excluding hydrogens is 290 g/mol. The second-order valence-electron chi connectivity index (χ2n) is 5.21. The number of nitrogen functional groups attached to an aromatic ring is 1. The number of nitrogens with two attached hydrogens (primary N) is 1. The fourth-order valence-corrected chi connectivity index (χ4v) is 4.30. The molecule has 1 aromatic rings. The molecule has 1 atom stereocenters. The molecule has 8 heteroatoms. The second-order valence-corrected chi connectivity index (χ2v) is 7.39. The molecule has 5 nitrogen and oxygen atoms in total. The Morgan fingerprint density at radius 2 is 1.95 bits per heavy atom. The lowest BCUT2D eigenvalue weighted by atomic mass is 10.0. The summed E-state index contributed by atoms with van der Waals surface area (Å²) in [6.07, 6.45) is 0.269. The molecule has 1 amide bonds. The lowest BCUT2D eigenvalue weighted by Gasteiger charge is -2.24. The van der Waals surface area contributed by atoms with Crippen molar-refractivity contribution in [3.05, 3.63) is 29.3 Å². The molecule has 110 valence electrons. The lowest BCUT2D eigenvalue weighted by Crippen LogP contribution is -2.47. The minimum atomic E-state index is -3.19. The van der Waals surface area contributed by atoms with Crippen molar-refractivity contribution in [2.75, 3.05) is 17.2 Å². The number of hydrogen-bond acceptors (Lipinski definition) is 4. The van der Waals surface area contributed by atoms with E-state index in [2.05, 4.69) is 5.32 Å². The maximum Gasteiger partial charge on any atom is 0.253 e. The van der Waals surface area contributed by atoms with Crippen LogP contribution in [0.15, 0.2) is 12.1 Å². The molecule has 1 unspecified atom stereocenters. The summed E-state index contributed by atoms with van der Waals surface area (Å²) in [7, 11) is -3.19. The molecule has 0 saturated carbocycles. The smallest absolute Gasteiger partial charge is 0.253 e. The summed E-state index contributed by atoms with van der Waals surface area (Å²) < 4.78 is 49.0. The van der Waals surface area contributed by atoms with Gasteiger partial charge in [-0.05, 0) is 19.4 Å². The van der Waals surface area contributed by atoms with E-state index in [0.29, 0.717) is 6.07 Å². The molecule has 2 rings (SSSR count). The van der Waals surface area contributed by atoms with Crippen LogP contribution in [0, 0.1) is 11.6 Å². The number of amides is 1. The van der Waals surface area contributed by atoms with Gasteiger partial charge in [0.2, 0.25) is 0 Å². The summed E-state index contributed by atoms with van der Waals surface area (Å²) >= 11 is 0. The molecule has 3 N–H and O–H groups in total. The molecule has 1 aromatic carbocycles. The quantitative estimate of drug-likeness (QED) is 0.793. The van der Waals surface area contributed by atoms with Gasteiger partial charge in [0.25, 0.3) is 5.91 Å². The van der Waals surface area contributed by atoms with Crippen LogP contribution in [0.25, 0.3) is 0 Å². The van der Waals surface area contributed by atoms with Gasteiger partial charge < -0.3 is 11.1 Å². The third-order valence-electron chi connectivity index (χ3n) is 3.26. The predicted octanol–water partition coefficient (Wildman–Crippen LogP) is 0.854. The van der Waals surface area contributed by atoms with E-state index in [1.807, 2.05) is 0 Å². The number of nitrogens with one attached hydrogen (secondary N) is 1. The molecule has 0 bridgehead atoms. The van der Waals surface area contributed by atoms with Crippen molar-refractivity contribution in [1.82, 2.24) is 5.32 Å². The van der Waals surface area contributed by atoms with E-state index in [1.54, 1.807) is 6.92 Å². The number of sulfone groups is 1. The average molecular weight is 304 g/mol. The minimum Gasteiger partial charge on any atom is -0.398 e. The van der Waals surface area contributed by atoms with E-state index in [4.69, 9.17) is 5.73 Å². The van der Waals surface area contributed by atoms with Crippen molar-refractivity contribution in [2.45, 2.75) is 18.9 Å². The molecule has 1 fully saturated rings. The predicted molar refractivity (Wildman–Crippen MR) is 69.9 cm³/mol. The zero-order valence-electron chi connectivity index (χ0n) is 10.7. The number of carbonyl (C=O) groups is 1. The van der Waals surface area contributed by atoms with E-state index in [0.717, 1.165) is 6.07 Å². The van der Waals surface area contributed by atoms with Crippen LogP contribution in [0.2, 0.25) is 0 Å². The van der Waals surface area contributed by atoms with E-state index < -0.39 is 32.9 Å². The van der Waals surface area contributed by atoms with Crippen LogP contribution in [-0.2, 0) is 9.84 Å². The van der Waals surface area contributed by atoms with Crippen LogP contribution in [0.3, 0.4) is 0 Å². The molecule has 0 spiro atoms. The Balaban J connectivity index is 2.23. The summed E-state index contributed by atoms with van der Waals surface area (Å²) in [6.45, 7) is 1.59. The Kier molecular flexibility index (Phi) is 3.45. The van der Waals surface area contributed by atoms with Gasteiger partial charge in [-0.3, -0.25) is 4.79 Å².